The number of rotatable bonds is 4. The topological polar surface area (TPSA) is 66.6 Å². The molecule has 1 aromatic heterocycles. The van der Waals surface area contributed by atoms with E-state index in [1.165, 1.54) is 6.21 Å². The molecular weight excluding hydrogens is 474 g/mol. The van der Waals surface area contributed by atoms with E-state index < -0.39 is 0 Å². The Morgan fingerprint density at radius 3 is 2.33 bits per heavy atom. The van der Waals surface area contributed by atoms with Gasteiger partial charge in [-0.25, -0.2) is 5.43 Å². The monoisotopic (exact) mass is 489 g/mol. The molecule has 0 saturated carbocycles. The van der Waals surface area contributed by atoms with Gasteiger partial charge in [0.15, 0.2) is 0 Å². The maximum atomic E-state index is 12.4. The van der Waals surface area contributed by atoms with Gasteiger partial charge < -0.3 is 9.67 Å². The lowest BCUT2D eigenvalue weighted by Gasteiger charge is -2.10. The van der Waals surface area contributed by atoms with Gasteiger partial charge in [0, 0.05) is 22.6 Å². The Bertz CT molecular complexity index is 999. The number of aromatic nitrogens is 1. The van der Waals surface area contributed by atoms with Crippen LogP contribution in [0.1, 0.15) is 27.3 Å². The van der Waals surface area contributed by atoms with Crippen LogP contribution in [0.5, 0.6) is 5.75 Å². The summed E-state index contributed by atoms with van der Waals surface area (Å²) in [5.74, 6) is -0.184. The molecule has 0 radical (unpaired) electrons. The van der Waals surface area contributed by atoms with Crippen LogP contribution in [0.15, 0.2) is 62.6 Å². The van der Waals surface area contributed by atoms with E-state index in [0.29, 0.717) is 14.5 Å². The first kappa shape index (κ1) is 19.4. The summed E-state index contributed by atoms with van der Waals surface area (Å²) in [7, 11) is 0. The predicted octanol–water partition coefficient (Wildman–Crippen LogP) is 5.09. The molecular formula is C20H17Br2N3O2. The number of benzene rings is 2. The zero-order chi connectivity index (χ0) is 19.6. The highest BCUT2D eigenvalue weighted by molar-refractivity contribution is 9.11. The summed E-state index contributed by atoms with van der Waals surface area (Å²) in [6.07, 6.45) is 1.51. The Balaban J connectivity index is 1.76. The number of aromatic hydroxyl groups is 1. The van der Waals surface area contributed by atoms with Crippen molar-refractivity contribution in [2.45, 2.75) is 13.8 Å². The van der Waals surface area contributed by atoms with Crippen molar-refractivity contribution in [3.63, 3.8) is 0 Å². The maximum absolute atomic E-state index is 12.4. The molecule has 0 aliphatic carbocycles. The molecule has 1 heterocycles. The summed E-state index contributed by atoms with van der Waals surface area (Å²) in [5, 5.41) is 13.7. The Morgan fingerprint density at radius 2 is 1.70 bits per heavy atom. The Hall–Kier alpha value is -2.38. The van der Waals surface area contributed by atoms with Crippen LogP contribution in [0.3, 0.4) is 0 Å². The minimum Gasteiger partial charge on any atom is -0.506 e. The van der Waals surface area contributed by atoms with Gasteiger partial charge in [-0.2, -0.15) is 5.10 Å². The second kappa shape index (κ2) is 8.10. The molecule has 2 N–H and O–H groups in total. The number of carbonyl (C=O) groups is 1. The highest BCUT2D eigenvalue weighted by atomic mass is 79.9. The van der Waals surface area contributed by atoms with Crippen LogP contribution in [-0.2, 0) is 0 Å². The van der Waals surface area contributed by atoms with Crippen molar-refractivity contribution in [3.05, 3.63) is 80.0 Å². The van der Waals surface area contributed by atoms with Crippen molar-refractivity contribution >= 4 is 44.0 Å². The van der Waals surface area contributed by atoms with Crippen molar-refractivity contribution in [1.82, 2.24) is 9.99 Å². The molecule has 27 heavy (non-hydrogen) atoms. The number of hydrazone groups is 1. The van der Waals surface area contributed by atoms with Crippen molar-refractivity contribution < 1.29 is 9.90 Å². The van der Waals surface area contributed by atoms with E-state index in [9.17, 15) is 9.90 Å². The Morgan fingerprint density at radius 1 is 1.07 bits per heavy atom. The van der Waals surface area contributed by atoms with Crippen LogP contribution in [0, 0.1) is 13.8 Å². The molecule has 0 aliphatic rings. The van der Waals surface area contributed by atoms with Crippen molar-refractivity contribution in [1.29, 1.82) is 0 Å². The molecule has 0 atom stereocenters. The van der Waals surface area contributed by atoms with Gasteiger partial charge in [-0.1, -0.05) is 6.07 Å². The second-order valence-electron chi connectivity index (χ2n) is 6.03. The summed E-state index contributed by atoms with van der Waals surface area (Å²) >= 11 is 6.52. The molecule has 0 saturated heterocycles. The predicted molar refractivity (Wildman–Crippen MR) is 114 cm³/mol. The third kappa shape index (κ3) is 4.31. The van der Waals surface area contributed by atoms with Gasteiger partial charge in [0.1, 0.15) is 5.75 Å². The molecule has 5 nitrogen and oxygen atoms in total. The molecule has 1 amide bonds. The van der Waals surface area contributed by atoms with Crippen molar-refractivity contribution in [2.75, 3.05) is 0 Å². The van der Waals surface area contributed by atoms with Crippen LogP contribution >= 0.6 is 31.9 Å². The van der Waals surface area contributed by atoms with Gasteiger partial charge in [-0.15, -0.1) is 0 Å². The number of amides is 1. The van der Waals surface area contributed by atoms with E-state index in [0.717, 1.165) is 22.6 Å². The molecule has 0 spiro atoms. The fraction of sp³-hybridized carbons (Fsp3) is 0.100. The van der Waals surface area contributed by atoms with Gasteiger partial charge in [0.2, 0.25) is 0 Å². The molecule has 0 unspecified atom stereocenters. The number of hydrogen-bond acceptors (Lipinski definition) is 3. The minimum atomic E-state index is -0.299. The molecule has 7 heteroatoms. The van der Waals surface area contributed by atoms with Gasteiger partial charge in [0.25, 0.3) is 5.91 Å². The molecule has 0 bridgehead atoms. The van der Waals surface area contributed by atoms with Crippen LogP contribution < -0.4 is 5.43 Å². The first-order valence-corrected chi connectivity index (χ1v) is 9.72. The van der Waals surface area contributed by atoms with Crippen LogP contribution in [0.4, 0.5) is 0 Å². The highest BCUT2D eigenvalue weighted by Crippen LogP contribution is 2.32. The van der Waals surface area contributed by atoms with E-state index in [-0.39, 0.29) is 11.7 Å². The summed E-state index contributed by atoms with van der Waals surface area (Å²) < 4.78 is 3.16. The number of hydrogen-bond donors (Lipinski definition) is 2. The molecule has 3 aromatic rings. The van der Waals surface area contributed by atoms with Crippen LogP contribution in [0.2, 0.25) is 0 Å². The van der Waals surface area contributed by atoms with E-state index >= 15 is 0 Å². The number of nitrogens with zero attached hydrogens (tertiary/aromatic N) is 2. The quantitative estimate of drug-likeness (QED) is 0.395. The first-order chi connectivity index (χ1) is 12.9. The number of nitrogens with one attached hydrogen (secondary N) is 1. The SMILES string of the molecule is Cc1ccc(C)n1-c1cccc(C(=O)NN=Cc2cc(Br)c(O)c(Br)c2)c1. The third-order valence-electron chi connectivity index (χ3n) is 4.06. The van der Waals surface area contributed by atoms with Crippen LogP contribution in [-0.4, -0.2) is 21.8 Å². The average Bonchev–Trinajstić information content (AvgIpc) is 2.98. The number of phenols is 1. The largest absolute Gasteiger partial charge is 0.506 e. The molecule has 0 fully saturated rings. The summed E-state index contributed by atoms with van der Waals surface area (Å²) in [5.41, 5.74) is 6.91. The lowest BCUT2D eigenvalue weighted by atomic mass is 10.2. The van der Waals surface area contributed by atoms with Gasteiger partial charge in [-0.3, -0.25) is 4.79 Å². The Kier molecular flexibility index (Phi) is 5.82. The van der Waals surface area contributed by atoms with Gasteiger partial charge >= 0.3 is 0 Å². The number of phenolic OH excluding ortho intramolecular Hbond substituents is 1. The van der Waals surface area contributed by atoms with Gasteiger partial charge in [0.05, 0.1) is 15.2 Å². The summed E-state index contributed by atoms with van der Waals surface area (Å²) in [6, 6.07) is 14.9. The highest BCUT2D eigenvalue weighted by Gasteiger charge is 2.09. The Labute approximate surface area is 174 Å². The van der Waals surface area contributed by atoms with Gasteiger partial charge in [-0.05, 0) is 93.7 Å². The lowest BCUT2D eigenvalue weighted by molar-refractivity contribution is 0.0955. The molecule has 2 aromatic carbocycles. The zero-order valence-electron chi connectivity index (χ0n) is 14.7. The molecule has 138 valence electrons. The van der Waals surface area contributed by atoms with E-state index in [2.05, 4.69) is 47.0 Å². The second-order valence-corrected chi connectivity index (χ2v) is 7.74. The van der Waals surface area contributed by atoms with E-state index in [1.54, 1.807) is 18.2 Å². The van der Waals surface area contributed by atoms with E-state index in [4.69, 9.17) is 0 Å². The standard InChI is InChI=1S/C20H17Br2N3O2/c1-12-6-7-13(2)25(12)16-5-3-4-15(10-16)20(27)24-23-11-14-8-17(21)19(26)18(22)9-14/h3-11,26H,1-2H3,(H,24,27). The third-order valence-corrected chi connectivity index (χ3v) is 5.27. The normalized spacial score (nSPS) is 11.1. The fourth-order valence-electron chi connectivity index (χ4n) is 2.75. The summed E-state index contributed by atoms with van der Waals surface area (Å²) in [4.78, 5) is 12.4. The number of carbonyl (C=O) groups excluding carboxylic acids is 1. The smallest absolute Gasteiger partial charge is 0.271 e. The number of aryl methyl sites for hydroxylation is 2. The fourth-order valence-corrected chi connectivity index (χ4v) is 3.97. The van der Waals surface area contributed by atoms with E-state index in [1.807, 2.05) is 44.2 Å². The minimum absolute atomic E-state index is 0.114. The molecule has 3 rings (SSSR count). The maximum Gasteiger partial charge on any atom is 0.271 e. The first-order valence-electron chi connectivity index (χ1n) is 8.13. The average molecular weight is 491 g/mol. The molecule has 0 aliphatic heterocycles. The van der Waals surface area contributed by atoms with Crippen molar-refractivity contribution in [3.8, 4) is 11.4 Å². The number of halogens is 2. The zero-order valence-corrected chi connectivity index (χ0v) is 17.9. The lowest BCUT2D eigenvalue weighted by Crippen LogP contribution is -2.18. The summed E-state index contributed by atoms with van der Waals surface area (Å²) in [6.45, 7) is 4.05. The van der Waals surface area contributed by atoms with Crippen molar-refractivity contribution in [2.24, 2.45) is 5.10 Å². The van der Waals surface area contributed by atoms with Crippen LogP contribution in [0.25, 0.3) is 5.69 Å².